The minimum atomic E-state index is -0.214. The summed E-state index contributed by atoms with van der Waals surface area (Å²) in [5, 5.41) is 0. The van der Waals surface area contributed by atoms with Gasteiger partial charge in [-0.2, -0.15) is 23.5 Å². The first kappa shape index (κ1) is 65.5. The number of benzene rings is 2. The highest BCUT2D eigenvalue weighted by Crippen LogP contribution is 2.43. The summed E-state index contributed by atoms with van der Waals surface area (Å²) in [6.07, 6.45) is 45.2. The summed E-state index contributed by atoms with van der Waals surface area (Å²) >= 11 is 5.50. The molecule has 2 aromatic rings. The Bertz CT molecular complexity index is 1550. The maximum atomic E-state index is 13.2. The van der Waals surface area contributed by atoms with Crippen molar-refractivity contribution in [3.8, 4) is 11.5 Å². The van der Waals surface area contributed by atoms with E-state index in [1.807, 2.05) is 23.5 Å². The Morgan fingerprint density at radius 1 is 0.380 bits per heavy atom. The van der Waals surface area contributed by atoms with Crippen molar-refractivity contribution < 1.29 is 19.1 Å². The second-order valence-electron chi connectivity index (χ2n) is 23.1. The van der Waals surface area contributed by atoms with Crippen molar-refractivity contribution in [1.29, 1.82) is 0 Å². The molecule has 0 atom stereocenters. The average Bonchev–Trinajstić information content (AvgIpc) is 3.31. The summed E-state index contributed by atoms with van der Waals surface area (Å²) in [6.45, 7) is 21.9. The van der Waals surface area contributed by atoms with Gasteiger partial charge in [-0.1, -0.05) is 260 Å². The molecule has 0 unspecified atom stereocenters. The van der Waals surface area contributed by atoms with Gasteiger partial charge in [0.2, 0.25) is 0 Å². The average molecular weight is 1040 g/mol. The number of carbonyl (C=O) groups is 2. The van der Waals surface area contributed by atoms with E-state index in [0.717, 1.165) is 55.1 Å². The normalized spacial score (nSPS) is 12.0. The van der Waals surface area contributed by atoms with E-state index in [1.54, 1.807) is 11.8 Å². The van der Waals surface area contributed by atoms with Crippen LogP contribution in [0.1, 0.15) is 296 Å². The standard InChI is InChI=1S/C64H110O4S3/c1-11-13-15-17-19-21-23-25-27-29-31-33-35-37-39-41-45-69-47-43-61(65)67-57-49-53(3)59(51-55(57)63(5,6)7)71-60-52-56(64(8,9)10)58(50-54(60)4)68-62(66)44-48-70-46-42-40-38-36-34-32-30-28-26-24-22-20-18-16-14-12-2/h49-52H,11-48H2,1-10H3. The van der Waals surface area contributed by atoms with E-state index in [2.05, 4.69) is 93.5 Å². The molecule has 71 heavy (non-hydrogen) atoms. The van der Waals surface area contributed by atoms with Crippen LogP contribution in [0.15, 0.2) is 34.1 Å². The molecule has 2 aromatic carbocycles. The van der Waals surface area contributed by atoms with Crippen LogP contribution < -0.4 is 9.47 Å². The van der Waals surface area contributed by atoms with Gasteiger partial charge in [0.15, 0.2) is 0 Å². The summed E-state index contributed by atoms with van der Waals surface area (Å²) in [6, 6.07) is 8.55. The molecule has 0 aliphatic carbocycles. The Morgan fingerprint density at radius 3 is 0.887 bits per heavy atom. The number of esters is 2. The zero-order chi connectivity index (χ0) is 52.0. The number of unbranched alkanes of at least 4 members (excludes halogenated alkanes) is 30. The SMILES string of the molecule is CCCCCCCCCCCCCCCCCCSCCC(=O)Oc1cc(C)c(Sc2cc(C(C)(C)C)c(OC(=O)CCSCCCCCCCCCCCCCCCCCC)cc2C)cc1C(C)(C)C. The first-order valence-electron chi connectivity index (χ1n) is 29.7. The highest BCUT2D eigenvalue weighted by Gasteiger charge is 2.26. The summed E-state index contributed by atoms with van der Waals surface area (Å²) < 4.78 is 12.2. The van der Waals surface area contributed by atoms with Crippen molar-refractivity contribution in [3.63, 3.8) is 0 Å². The molecule has 0 N–H and O–H groups in total. The van der Waals surface area contributed by atoms with Gasteiger partial charge in [0.1, 0.15) is 11.5 Å². The molecular weight excluding hydrogens is 929 g/mol. The molecule has 0 aliphatic heterocycles. The third-order valence-electron chi connectivity index (χ3n) is 14.0. The zero-order valence-electron chi connectivity index (χ0n) is 48.0. The minimum Gasteiger partial charge on any atom is -0.426 e. The fourth-order valence-corrected chi connectivity index (χ4v) is 12.2. The topological polar surface area (TPSA) is 52.6 Å². The van der Waals surface area contributed by atoms with E-state index in [-0.39, 0.29) is 22.8 Å². The van der Waals surface area contributed by atoms with Crippen LogP contribution >= 0.6 is 35.3 Å². The molecule has 0 bridgehead atoms. The maximum absolute atomic E-state index is 13.2. The lowest BCUT2D eigenvalue weighted by Crippen LogP contribution is -2.17. The Balaban J connectivity index is 1.73. The first-order chi connectivity index (χ1) is 34.2. The minimum absolute atomic E-state index is 0.153. The van der Waals surface area contributed by atoms with Crippen molar-refractivity contribution in [1.82, 2.24) is 0 Å². The van der Waals surface area contributed by atoms with Gasteiger partial charge in [0, 0.05) is 32.4 Å². The van der Waals surface area contributed by atoms with Crippen LogP contribution in [-0.4, -0.2) is 35.0 Å². The molecule has 0 heterocycles. The lowest BCUT2D eigenvalue weighted by atomic mass is 9.85. The number of carbonyl (C=O) groups excluding carboxylic acids is 2. The monoisotopic (exact) mass is 1040 g/mol. The highest BCUT2D eigenvalue weighted by atomic mass is 32.2. The van der Waals surface area contributed by atoms with E-state index in [1.165, 1.54) is 205 Å². The molecular formula is C64H110O4S3. The molecule has 0 aromatic heterocycles. The summed E-state index contributed by atoms with van der Waals surface area (Å²) in [5.74, 6) is 4.86. The summed E-state index contributed by atoms with van der Waals surface area (Å²) in [4.78, 5) is 28.6. The van der Waals surface area contributed by atoms with E-state index in [9.17, 15) is 9.59 Å². The number of hydrogen-bond acceptors (Lipinski definition) is 7. The van der Waals surface area contributed by atoms with Crippen molar-refractivity contribution >= 4 is 47.2 Å². The van der Waals surface area contributed by atoms with Gasteiger partial charge in [-0.25, -0.2) is 0 Å². The quantitative estimate of drug-likeness (QED) is 0.0372. The predicted octanol–water partition coefficient (Wildman–Crippen LogP) is 21.6. The van der Waals surface area contributed by atoms with Gasteiger partial charge in [0.25, 0.3) is 0 Å². The van der Waals surface area contributed by atoms with Gasteiger partial charge in [0.05, 0.1) is 12.8 Å². The smallest absolute Gasteiger partial charge is 0.312 e. The van der Waals surface area contributed by atoms with E-state index in [0.29, 0.717) is 24.3 Å². The Labute approximate surface area is 452 Å². The van der Waals surface area contributed by atoms with E-state index >= 15 is 0 Å². The van der Waals surface area contributed by atoms with Crippen LogP contribution in [0.3, 0.4) is 0 Å². The third kappa shape index (κ3) is 32.5. The zero-order valence-corrected chi connectivity index (χ0v) is 50.5. The Morgan fingerprint density at radius 2 is 0.634 bits per heavy atom. The Kier molecular flexibility index (Phi) is 37.6. The van der Waals surface area contributed by atoms with Crippen LogP contribution in [0.5, 0.6) is 11.5 Å². The molecule has 2 rings (SSSR count). The molecule has 408 valence electrons. The fraction of sp³-hybridized carbons (Fsp3) is 0.781. The fourth-order valence-electron chi connectivity index (χ4n) is 9.37. The summed E-state index contributed by atoms with van der Waals surface area (Å²) in [5.41, 5.74) is 3.79. The van der Waals surface area contributed by atoms with Crippen LogP contribution in [0, 0.1) is 13.8 Å². The summed E-state index contributed by atoms with van der Waals surface area (Å²) in [7, 11) is 0. The largest absolute Gasteiger partial charge is 0.426 e. The third-order valence-corrected chi connectivity index (χ3v) is 17.5. The van der Waals surface area contributed by atoms with Crippen LogP contribution in [-0.2, 0) is 20.4 Å². The lowest BCUT2D eigenvalue weighted by Gasteiger charge is -2.26. The van der Waals surface area contributed by atoms with Crippen molar-refractivity contribution in [2.45, 2.75) is 308 Å². The molecule has 0 spiro atoms. The van der Waals surface area contributed by atoms with E-state index in [4.69, 9.17) is 9.47 Å². The van der Waals surface area contributed by atoms with Gasteiger partial charge < -0.3 is 9.47 Å². The van der Waals surface area contributed by atoms with Gasteiger partial charge in [-0.3, -0.25) is 9.59 Å². The number of aryl methyl sites for hydroxylation is 2. The lowest BCUT2D eigenvalue weighted by molar-refractivity contribution is -0.134. The van der Waals surface area contributed by atoms with Crippen molar-refractivity contribution in [3.05, 3.63) is 46.5 Å². The molecule has 0 radical (unpaired) electrons. The number of thioether (sulfide) groups is 2. The van der Waals surface area contributed by atoms with Gasteiger partial charge in [-0.15, -0.1) is 0 Å². The second kappa shape index (κ2) is 40.7. The maximum Gasteiger partial charge on any atom is 0.312 e. The number of hydrogen-bond donors (Lipinski definition) is 0. The molecule has 4 nitrogen and oxygen atoms in total. The van der Waals surface area contributed by atoms with Gasteiger partial charge in [-0.05, 0) is 84.4 Å². The molecule has 7 heteroatoms. The van der Waals surface area contributed by atoms with Crippen LogP contribution in [0.25, 0.3) is 0 Å². The number of ether oxygens (including phenoxy) is 2. The van der Waals surface area contributed by atoms with Crippen LogP contribution in [0.2, 0.25) is 0 Å². The molecule has 0 fully saturated rings. The van der Waals surface area contributed by atoms with E-state index < -0.39 is 0 Å². The molecule has 0 saturated heterocycles. The molecule has 0 aliphatic rings. The number of rotatable bonds is 44. The van der Waals surface area contributed by atoms with Crippen LogP contribution in [0.4, 0.5) is 0 Å². The van der Waals surface area contributed by atoms with Crippen molar-refractivity contribution in [2.24, 2.45) is 0 Å². The highest BCUT2D eigenvalue weighted by molar-refractivity contribution is 7.99. The predicted molar refractivity (Wildman–Crippen MR) is 318 cm³/mol. The second-order valence-corrected chi connectivity index (χ2v) is 26.6. The van der Waals surface area contributed by atoms with Gasteiger partial charge >= 0.3 is 11.9 Å². The first-order valence-corrected chi connectivity index (χ1v) is 32.8. The molecule has 0 saturated carbocycles. The Hall–Kier alpha value is -1.57. The van der Waals surface area contributed by atoms with Crippen molar-refractivity contribution in [2.75, 3.05) is 23.0 Å². The molecule has 0 amide bonds.